The molecule has 0 amide bonds. The number of aliphatic hydroxyl groups is 1. The van der Waals surface area contributed by atoms with Gasteiger partial charge >= 0.3 is 6.18 Å². The van der Waals surface area contributed by atoms with E-state index in [0.29, 0.717) is 13.0 Å². The number of alkyl halides is 3. The monoisotopic (exact) mass is 292 g/mol. The molecular weight excluding hydrogens is 273 g/mol. The van der Waals surface area contributed by atoms with Crippen molar-refractivity contribution in [2.45, 2.75) is 32.5 Å². The van der Waals surface area contributed by atoms with Crippen LogP contribution in [0.4, 0.5) is 24.8 Å². The third kappa shape index (κ3) is 4.22. The highest BCUT2D eigenvalue weighted by molar-refractivity contribution is 5.50. The number of halogens is 3. The summed E-state index contributed by atoms with van der Waals surface area (Å²) in [4.78, 5) is 8.72. The van der Waals surface area contributed by atoms with Gasteiger partial charge in [0.25, 0.3) is 0 Å². The fourth-order valence-corrected chi connectivity index (χ4v) is 1.71. The van der Waals surface area contributed by atoms with Crippen molar-refractivity contribution in [1.29, 1.82) is 0 Å². The number of nitrogens with one attached hydrogen (secondary N) is 1. The van der Waals surface area contributed by atoms with Crippen molar-refractivity contribution in [1.82, 2.24) is 9.97 Å². The molecule has 0 saturated carbocycles. The van der Waals surface area contributed by atoms with Gasteiger partial charge in [-0.25, -0.2) is 9.97 Å². The highest BCUT2D eigenvalue weighted by atomic mass is 19.4. The summed E-state index contributed by atoms with van der Waals surface area (Å²) in [6.07, 6.45) is -4.14. The van der Waals surface area contributed by atoms with Crippen LogP contribution >= 0.6 is 0 Å². The molecule has 0 radical (unpaired) electrons. The van der Waals surface area contributed by atoms with Gasteiger partial charge in [-0.05, 0) is 20.3 Å². The van der Waals surface area contributed by atoms with Gasteiger partial charge in [-0.15, -0.1) is 0 Å². The second-order valence-electron chi connectivity index (χ2n) is 4.55. The molecule has 0 aliphatic carbocycles. The van der Waals surface area contributed by atoms with E-state index in [9.17, 15) is 13.2 Å². The summed E-state index contributed by atoms with van der Waals surface area (Å²) in [5.74, 6) is -0.869. The Morgan fingerprint density at radius 1 is 1.35 bits per heavy atom. The van der Waals surface area contributed by atoms with Gasteiger partial charge in [0.15, 0.2) is 0 Å². The summed E-state index contributed by atoms with van der Waals surface area (Å²) in [6, 6.07) is 1.43. The first kappa shape index (κ1) is 16.5. The van der Waals surface area contributed by atoms with Crippen molar-refractivity contribution in [3.63, 3.8) is 0 Å². The fourth-order valence-electron chi connectivity index (χ4n) is 1.71. The highest BCUT2D eigenvalue weighted by Crippen LogP contribution is 2.29. The zero-order valence-corrected chi connectivity index (χ0v) is 11.7. The topological polar surface area (TPSA) is 61.3 Å². The lowest BCUT2D eigenvalue weighted by Gasteiger charge is -2.28. The van der Waals surface area contributed by atoms with Crippen molar-refractivity contribution in [2.24, 2.45) is 0 Å². The van der Waals surface area contributed by atoms with E-state index in [4.69, 9.17) is 5.11 Å². The first-order valence-corrected chi connectivity index (χ1v) is 6.31. The molecule has 20 heavy (non-hydrogen) atoms. The Hall–Kier alpha value is -1.57. The number of hydrogen-bond donors (Lipinski definition) is 2. The van der Waals surface area contributed by atoms with Gasteiger partial charge < -0.3 is 15.3 Å². The van der Waals surface area contributed by atoms with Gasteiger partial charge in [0.1, 0.15) is 11.6 Å². The lowest BCUT2D eigenvalue weighted by Crippen LogP contribution is -2.33. The third-order valence-corrected chi connectivity index (χ3v) is 2.70. The molecule has 1 rings (SSSR count). The van der Waals surface area contributed by atoms with E-state index in [2.05, 4.69) is 15.3 Å². The Labute approximate surface area is 115 Å². The summed E-state index contributed by atoms with van der Waals surface area (Å²) in [5.41, 5.74) is 0. The summed E-state index contributed by atoms with van der Waals surface area (Å²) in [5, 5.41) is 11.5. The maximum Gasteiger partial charge on any atom is 0.451 e. The van der Waals surface area contributed by atoms with Crippen LogP contribution in [0.1, 0.15) is 26.1 Å². The molecule has 0 aromatic carbocycles. The Kier molecular flexibility index (Phi) is 5.55. The Balaban J connectivity index is 3.19. The van der Waals surface area contributed by atoms with Crippen LogP contribution in [-0.2, 0) is 6.18 Å². The predicted molar refractivity (Wildman–Crippen MR) is 70.8 cm³/mol. The number of rotatable bonds is 6. The minimum atomic E-state index is -4.60. The number of anilines is 2. The standard InChI is InChI=1S/C12H19F3N4O/c1-8(2)19(5-4-6-20)10-7-9(16-3)17-11(18-10)12(13,14)15/h7-8,20H,4-6H2,1-3H3,(H,16,17,18). The van der Waals surface area contributed by atoms with E-state index in [1.165, 1.54) is 13.1 Å². The summed E-state index contributed by atoms with van der Waals surface area (Å²) >= 11 is 0. The fraction of sp³-hybridized carbons (Fsp3) is 0.667. The van der Waals surface area contributed by atoms with Gasteiger partial charge in [-0.2, -0.15) is 13.2 Å². The zero-order chi connectivity index (χ0) is 15.3. The maximum atomic E-state index is 12.8. The normalized spacial score (nSPS) is 11.8. The van der Waals surface area contributed by atoms with Crippen molar-refractivity contribution in [2.75, 3.05) is 30.4 Å². The second-order valence-corrected chi connectivity index (χ2v) is 4.55. The lowest BCUT2D eigenvalue weighted by atomic mass is 10.2. The lowest BCUT2D eigenvalue weighted by molar-refractivity contribution is -0.144. The molecule has 1 aromatic rings. The molecule has 0 spiro atoms. The van der Waals surface area contributed by atoms with E-state index < -0.39 is 12.0 Å². The van der Waals surface area contributed by atoms with Gasteiger partial charge in [0.2, 0.25) is 5.82 Å². The minimum Gasteiger partial charge on any atom is -0.396 e. The van der Waals surface area contributed by atoms with Crippen LogP contribution in [0.25, 0.3) is 0 Å². The highest BCUT2D eigenvalue weighted by Gasteiger charge is 2.36. The Morgan fingerprint density at radius 2 is 2.00 bits per heavy atom. The molecule has 0 saturated heterocycles. The van der Waals surface area contributed by atoms with E-state index >= 15 is 0 Å². The van der Waals surface area contributed by atoms with Crippen LogP contribution in [0, 0.1) is 0 Å². The van der Waals surface area contributed by atoms with Crippen molar-refractivity contribution in [3.8, 4) is 0 Å². The van der Waals surface area contributed by atoms with Crippen LogP contribution in [0.3, 0.4) is 0 Å². The van der Waals surface area contributed by atoms with Gasteiger partial charge in [0, 0.05) is 32.3 Å². The average molecular weight is 292 g/mol. The van der Waals surface area contributed by atoms with E-state index in [1.807, 2.05) is 13.8 Å². The van der Waals surface area contributed by atoms with Crippen molar-refractivity contribution in [3.05, 3.63) is 11.9 Å². The first-order chi connectivity index (χ1) is 9.29. The molecule has 0 bridgehead atoms. The van der Waals surface area contributed by atoms with Crippen LogP contribution in [0.5, 0.6) is 0 Å². The number of aliphatic hydroxyl groups excluding tert-OH is 1. The van der Waals surface area contributed by atoms with E-state index in [-0.39, 0.29) is 24.3 Å². The quantitative estimate of drug-likeness (QED) is 0.841. The first-order valence-electron chi connectivity index (χ1n) is 6.31. The number of hydrogen-bond acceptors (Lipinski definition) is 5. The Morgan fingerprint density at radius 3 is 2.45 bits per heavy atom. The van der Waals surface area contributed by atoms with Gasteiger partial charge in [-0.3, -0.25) is 0 Å². The molecule has 0 aliphatic heterocycles. The van der Waals surface area contributed by atoms with Crippen LogP contribution in [0.2, 0.25) is 0 Å². The van der Waals surface area contributed by atoms with Crippen molar-refractivity contribution < 1.29 is 18.3 Å². The molecule has 0 aliphatic rings. The summed E-state index contributed by atoms with van der Waals surface area (Å²) < 4.78 is 38.4. The van der Waals surface area contributed by atoms with Crippen LogP contribution in [-0.4, -0.2) is 41.3 Å². The smallest absolute Gasteiger partial charge is 0.396 e. The molecule has 0 unspecified atom stereocenters. The van der Waals surface area contributed by atoms with Crippen LogP contribution < -0.4 is 10.2 Å². The SMILES string of the molecule is CNc1cc(N(CCCO)C(C)C)nc(C(F)(F)F)n1. The van der Waals surface area contributed by atoms with Gasteiger partial charge in [0.05, 0.1) is 0 Å². The predicted octanol–water partition coefficient (Wildman–Crippen LogP) is 2.13. The molecule has 0 atom stereocenters. The van der Waals surface area contributed by atoms with Gasteiger partial charge in [-0.1, -0.05) is 0 Å². The summed E-state index contributed by atoms with van der Waals surface area (Å²) in [6.45, 7) is 4.10. The largest absolute Gasteiger partial charge is 0.451 e. The Bertz CT molecular complexity index is 437. The molecule has 2 N–H and O–H groups in total. The van der Waals surface area contributed by atoms with Crippen LogP contribution in [0.15, 0.2) is 6.07 Å². The molecule has 8 heteroatoms. The zero-order valence-electron chi connectivity index (χ0n) is 11.7. The summed E-state index contributed by atoms with van der Waals surface area (Å²) in [7, 11) is 1.50. The second kappa shape index (κ2) is 6.74. The number of aromatic nitrogens is 2. The molecular formula is C12H19F3N4O. The molecule has 114 valence electrons. The maximum absolute atomic E-state index is 12.8. The third-order valence-electron chi connectivity index (χ3n) is 2.70. The molecule has 1 heterocycles. The minimum absolute atomic E-state index is 0.0285. The number of nitrogens with zero attached hydrogens (tertiary/aromatic N) is 3. The van der Waals surface area contributed by atoms with E-state index in [0.717, 1.165) is 0 Å². The average Bonchev–Trinajstić information content (AvgIpc) is 2.37. The molecule has 1 aromatic heterocycles. The molecule has 0 fully saturated rings. The van der Waals surface area contributed by atoms with E-state index in [1.54, 1.807) is 4.90 Å². The molecule has 5 nitrogen and oxygen atoms in total. The van der Waals surface area contributed by atoms with Crippen molar-refractivity contribution >= 4 is 11.6 Å².